The van der Waals surface area contributed by atoms with Crippen LogP contribution in [0.3, 0.4) is 0 Å². The fourth-order valence-electron chi connectivity index (χ4n) is 1.97. The molecule has 1 aromatic rings. The van der Waals surface area contributed by atoms with Gasteiger partial charge in [0, 0.05) is 0 Å². The number of nitrogens with two attached hydrogens (primary N) is 1. The minimum atomic E-state index is 0. The van der Waals surface area contributed by atoms with Crippen LogP contribution in [0, 0.1) is 0 Å². The first-order valence-electron chi connectivity index (χ1n) is 4.71. The standard InChI is InChI=1S/C9H15N3.ClH/c10-9-6-12(7-11-9)8-4-2-1-3-5-8;/h6-8H,1-5,10H2;1H. The van der Waals surface area contributed by atoms with Gasteiger partial charge in [0.2, 0.25) is 12.1 Å². The Morgan fingerprint density at radius 3 is 2.54 bits per heavy atom. The molecule has 0 bridgehead atoms. The molecule has 1 heterocycles. The Labute approximate surface area is 84.7 Å². The van der Waals surface area contributed by atoms with Crippen LogP contribution in [0.2, 0.25) is 0 Å². The SMILES string of the molecule is Nc1c[n+](C2CCCCC2)c[nH]1.[Cl-]. The van der Waals surface area contributed by atoms with Crippen LogP contribution in [-0.2, 0) is 0 Å². The van der Waals surface area contributed by atoms with E-state index in [0.717, 1.165) is 5.82 Å². The molecule has 0 spiro atoms. The first kappa shape index (κ1) is 10.4. The number of nitrogens with one attached hydrogen (secondary N) is 1. The van der Waals surface area contributed by atoms with Crippen molar-refractivity contribution in [3.8, 4) is 0 Å². The number of H-pyrrole nitrogens is 1. The number of nitrogen functional groups attached to an aromatic ring is 1. The molecule has 1 aliphatic carbocycles. The van der Waals surface area contributed by atoms with Crippen molar-refractivity contribution in [2.75, 3.05) is 5.73 Å². The Morgan fingerprint density at radius 2 is 2.00 bits per heavy atom. The molecule has 1 fully saturated rings. The summed E-state index contributed by atoms with van der Waals surface area (Å²) in [6, 6.07) is 0.687. The van der Waals surface area contributed by atoms with Crippen molar-refractivity contribution >= 4 is 5.82 Å². The van der Waals surface area contributed by atoms with Crippen molar-refractivity contribution in [3.05, 3.63) is 12.5 Å². The summed E-state index contributed by atoms with van der Waals surface area (Å²) >= 11 is 0. The molecule has 0 saturated heterocycles. The lowest BCUT2D eigenvalue weighted by Gasteiger charge is -2.17. The number of anilines is 1. The second-order valence-corrected chi connectivity index (χ2v) is 3.60. The third-order valence-corrected chi connectivity index (χ3v) is 2.66. The number of imidazole rings is 1. The monoisotopic (exact) mass is 201 g/mol. The van der Waals surface area contributed by atoms with Gasteiger partial charge in [-0.2, -0.15) is 0 Å². The molecule has 1 saturated carbocycles. The Morgan fingerprint density at radius 1 is 1.31 bits per heavy atom. The molecule has 0 aliphatic heterocycles. The second-order valence-electron chi connectivity index (χ2n) is 3.60. The van der Waals surface area contributed by atoms with Gasteiger partial charge in [-0.05, 0) is 25.7 Å². The molecule has 1 aliphatic rings. The van der Waals surface area contributed by atoms with Crippen molar-refractivity contribution in [1.29, 1.82) is 0 Å². The van der Waals surface area contributed by atoms with Crippen LogP contribution >= 0.6 is 0 Å². The summed E-state index contributed by atoms with van der Waals surface area (Å²) in [5, 5.41) is 0. The first-order chi connectivity index (χ1) is 5.86. The van der Waals surface area contributed by atoms with E-state index in [-0.39, 0.29) is 12.4 Å². The molecule has 0 aromatic carbocycles. The molecular weight excluding hydrogens is 186 g/mol. The van der Waals surface area contributed by atoms with Crippen LogP contribution in [0.5, 0.6) is 0 Å². The lowest BCUT2D eigenvalue weighted by atomic mass is 9.95. The van der Waals surface area contributed by atoms with Gasteiger partial charge in [0.05, 0.1) is 0 Å². The van der Waals surface area contributed by atoms with E-state index in [1.807, 2.05) is 12.5 Å². The Kier molecular flexibility index (Phi) is 3.60. The number of aromatic amines is 1. The normalized spacial score (nSPS) is 18.2. The smallest absolute Gasteiger partial charge is 0.243 e. The highest BCUT2D eigenvalue weighted by atomic mass is 35.5. The van der Waals surface area contributed by atoms with Crippen LogP contribution in [0.25, 0.3) is 0 Å². The third kappa shape index (κ3) is 2.37. The van der Waals surface area contributed by atoms with E-state index < -0.39 is 0 Å². The molecule has 2 rings (SSSR count). The summed E-state index contributed by atoms with van der Waals surface area (Å²) in [5.41, 5.74) is 5.61. The van der Waals surface area contributed by atoms with Crippen LogP contribution in [0.4, 0.5) is 5.82 Å². The van der Waals surface area contributed by atoms with E-state index in [1.165, 1.54) is 32.1 Å². The van der Waals surface area contributed by atoms with Crippen LogP contribution in [-0.4, -0.2) is 4.98 Å². The number of halogens is 1. The predicted octanol–water partition coefficient (Wildman–Crippen LogP) is -1.61. The van der Waals surface area contributed by atoms with E-state index in [4.69, 9.17) is 5.73 Å². The molecule has 3 nitrogen and oxygen atoms in total. The summed E-state index contributed by atoms with van der Waals surface area (Å²) in [7, 11) is 0. The average Bonchev–Trinajstić information content (AvgIpc) is 2.54. The van der Waals surface area contributed by atoms with Crippen molar-refractivity contribution in [1.82, 2.24) is 4.98 Å². The van der Waals surface area contributed by atoms with E-state index in [1.54, 1.807) is 0 Å². The molecule has 0 radical (unpaired) electrons. The number of aromatic nitrogens is 2. The Hall–Kier alpha value is -0.700. The maximum absolute atomic E-state index is 5.61. The van der Waals surface area contributed by atoms with Crippen LogP contribution in [0.1, 0.15) is 38.1 Å². The highest BCUT2D eigenvalue weighted by Gasteiger charge is 2.19. The summed E-state index contributed by atoms with van der Waals surface area (Å²) in [5.74, 6) is 0.764. The molecule has 13 heavy (non-hydrogen) atoms. The van der Waals surface area contributed by atoms with Gasteiger partial charge in [-0.25, -0.2) is 9.55 Å². The fraction of sp³-hybridized carbons (Fsp3) is 0.667. The zero-order valence-electron chi connectivity index (χ0n) is 7.67. The average molecular weight is 202 g/mol. The van der Waals surface area contributed by atoms with Crippen molar-refractivity contribution in [2.24, 2.45) is 0 Å². The second kappa shape index (κ2) is 4.51. The summed E-state index contributed by atoms with van der Waals surface area (Å²) in [6.07, 6.45) is 10.7. The lowest BCUT2D eigenvalue weighted by molar-refractivity contribution is -0.724. The molecule has 0 atom stereocenters. The fourth-order valence-corrected chi connectivity index (χ4v) is 1.97. The molecule has 4 heteroatoms. The Bertz CT molecular complexity index is 253. The molecule has 0 unspecified atom stereocenters. The van der Waals surface area contributed by atoms with Crippen molar-refractivity contribution in [2.45, 2.75) is 38.1 Å². The zero-order chi connectivity index (χ0) is 8.39. The van der Waals surface area contributed by atoms with Gasteiger partial charge >= 0.3 is 0 Å². The van der Waals surface area contributed by atoms with Crippen molar-refractivity contribution < 1.29 is 17.0 Å². The van der Waals surface area contributed by atoms with Gasteiger partial charge in [-0.15, -0.1) is 0 Å². The molecule has 3 N–H and O–H groups in total. The Balaban J connectivity index is 0.000000845. The van der Waals surface area contributed by atoms with Gasteiger partial charge in [-0.3, -0.25) is 0 Å². The number of hydrogen-bond donors (Lipinski definition) is 2. The highest BCUT2D eigenvalue weighted by molar-refractivity contribution is 5.18. The number of rotatable bonds is 1. The van der Waals surface area contributed by atoms with Crippen LogP contribution in [0.15, 0.2) is 12.5 Å². The number of nitrogens with zero attached hydrogens (tertiary/aromatic N) is 1. The number of hydrogen-bond acceptors (Lipinski definition) is 1. The maximum Gasteiger partial charge on any atom is 0.243 e. The van der Waals surface area contributed by atoms with Gasteiger partial charge in [0.1, 0.15) is 6.04 Å². The zero-order valence-corrected chi connectivity index (χ0v) is 8.43. The minimum Gasteiger partial charge on any atom is -1.00 e. The van der Waals surface area contributed by atoms with E-state index in [2.05, 4.69) is 9.55 Å². The quantitative estimate of drug-likeness (QED) is 0.528. The largest absolute Gasteiger partial charge is 1.00 e. The maximum atomic E-state index is 5.61. The molecule has 0 amide bonds. The van der Waals surface area contributed by atoms with Gasteiger partial charge in [0.25, 0.3) is 0 Å². The van der Waals surface area contributed by atoms with E-state index in [0.29, 0.717) is 6.04 Å². The van der Waals surface area contributed by atoms with Crippen molar-refractivity contribution in [3.63, 3.8) is 0 Å². The molecule has 74 valence electrons. The van der Waals surface area contributed by atoms with E-state index in [9.17, 15) is 0 Å². The molecule has 1 aromatic heterocycles. The highest BCUT2D eigenvalue weighted by Crippen LogP contribution is 2.23. The minimum absolute atomic E-state index is 0. The van der Waals surface area contributed by atoms with Gasteiger partial charge in [0.15, 0.2) is 6.20 Å². The summed E-state index contributed by atoms with van der Waals surface area (Å²) in [6.45, 7) is 0. The predicted molar refractivity (Wildman–Crippen MR) is 47.5 cm³/mol. The van der Waals surface area contributed by atoms with Gasteiger partial charge < -0.3 is 18.1 Å². The topological polar surface area (TPSA) is 45.7 Å². The third-order valence-electron chi connectivity index (χ3n) is 2.66. The molecular formula is C9H16ClN3. The lowest BCUT2D eigenvalue weighted by Crippen LogP contribution is -3.00. The summed E-state index contributed by atoms with van der Waals surface area (Å²) < 4.78 is 2.22. The first-order valence-corrected chi connectivity index (χ1v) is 4.71. The van der Waals surface area contributed by atoms with Gasteiger partial charge in [-0.1, -0.05) is 6.42 Å². The summed E-state index contributed by atoms with van der Waals surface area (Å²) in [4.78, 5) is 3.01. The van der Waals surface area contributed by atoms with Crippen LogP contribution < -0.4 is 22.7 Å². The van der Waals surface area contributed by atoms with E-state index >= 15 is 0 Å².